The second-order valence-corrected chi connectivity index (χ2v) is 6.59. The van der Waals surface area contributed by atoms with Crippen LogP contribution >= 0.6 is 24.0 Å². The van der Waals surface area contributed by atoms with Crippen molar-refractivity contribution in [2.24, 2.45) is 10.7 Å². The molecule has 7 nitrogen and oxygen atoms in total. The zero-order chi connectivity index (χ0) is 18.9. The Balaban J connectivity index is 0.00000364. The van der Waals surface area contributed by atoms with Gasteiger partial charge in [-0.05, 0) is 31.2 Å². The fourth-order valence-corrected chi connectivity index (χ4v) is 3.11. The van der Waals surface area contributed by atoms with Crippen molar-refractivity contribution in [2.75, 3.05) is 53.5 Å². The molecule has 0 radical (unpaired) electrons. The van der Waals surface area contributed by atoms with Gasteiger partial charge in [0.25, 0.3) is 0 Å². The Hall–Kier alpha value is -1.26. The Morgan fingerprint density at radius 3 is 2.44 bits per heavy atom. The second-order valence-electron chi connectivity index (χ2n) is 6.59. The third kappa shape index (κ3) is 7.34. The number of nitrogens with two attached hydrogens (primary N) is 1. The molecule has 1 heterocycles. The lowest BCUT2D eigenvalue weighted by atomic mass is 10.2. The average molecular weight is 491 g/mol. The molecule has 1 aromatic carbocycles. The number of hydrogen-bond donors (Lipinski definition) is 2. The van der Waals surface area contributed by atoms with Crippen molar-refractivity contribution in [3.05, 3.63) is 23.8 Å². The van der Waals surface area contributed by atoms with E-state index in [1.54, 1.807) is 14.2 Å². The van der Waals surface area contributed by atoms with Crippen LogP contribution in [0.4, 0.5) is 0 Å². The van der Waals surface area contributed by atoms with Crippen molar-refractivity contribution in [2.45, 2.75) is 26.4 Å². The van der Waals surface area contributed by atoms with Gasteiger partial charge < -0.3 is 25.4 Å². The summed E-state index contributed by atoms with van der Waals surface area (Å²) < 4.78 is 10.6. The molecule has 3 N–H and O–H groups in total. The van der Waals surface area contributed by atoms with E-state index in [1.165, 1.54) is 0 Å². The number of hydrogen-bond acceptors (Lipinski definition) is 5. The number of likely N-dealkylation sites (N-methyl/N-ethyl adjacent to an activating group) is 1. The number of benzene rings is 1. The van der Waals surface area contributed by atoms with E-state index in [2.05, 4.69) is 34.0 Å². The Kier molecular flexibility index (Phi) is 10.8. The van der Waals surface area contributed by atoms with Gasteiger partial charge in [-0.25, -0.2) is 4.99 Å². The van der Waals surface area contributed by atoms with Crippen molar-refractivity contribution >= 4 is 29.9 Å². The lowest BCUT2D eigenvalue weighted by Crippen LogP contribution is -2.52. The predicted octanol–water partition coefficient (Wildman–Crippen LogP) is 1.75. The van der Waals surface area contributed by atoms with Crippen LogP contribution in [0.3, 0.4) is 0 Å². The van der Waals surface area contributed by atoms with Crippen LogP contribution in [0.2, 0.25) is 0 Å². The molecule has 0 amide bonds. The van der Waals surface area contributed by atoms with Gasteiger partial charge in [0.1, 0.15) is 0 Å². The summed E-state index contributed by atoms with van der Waals surface area (Å²) >= 11 is 0. The zero-order valence-corrected chi connectivity index (χ0v) is 19.2. The third-order valence-corrected chi connectivity index (χ3v) is 4.94. The number of rotatable bonds is 8. The van der Waals surface area contributed by atoms with Gasteiger partial charge >= 0.3 is 0 Å². The van der Waals surface area contributed by atoms with Gasteiger partial charge in [0.2, 0.25) is 0 Å². The van der Waals surface area contributed by atoms with E-state index in [-0.39, 0.29) is 24.0 Å². The van der Waals surface area contributed by atoms with Crippen molar-refractivity contribution in [3.63, 3.8) is 0 Å². The molecule has 0 saturated carbocycles. The molecule has 8 heteroatoms. The van der Waals surface area contributed by atoms with Gasteiger partial charge in [-0.15, -0.1) is 24.0 Å². The summed E-state index contributed by atoms with van der Waals surface area (Å²) in [4.78, 5) is 9.41. The van der Waals surface area contributed by atoms with E-state index in [0.29, 0.717) is 30.0 Å². The number of ether oxygens (including phenoxy) is 2. The molecule has 1 unspecified atom stereocenters. The highest BCUT2D eigenvalue weighted by molar-refractivity contribution is 14.0. The molecule has 1 aliphatic rings. The normalized spacial score (nSPS) is 17.1. The number of nitrogens with one attached hydrogen (secondary N) is 1. The van der Waals surface area contributed by atoms with Crippen molar-refractivity contribution in [1.29, 1.82) is 0 Å². The average Bonchev–Trinajstić information content (AvgIpc) is 2.70. The third-order valence-electron chi connectivity index (χ3n) is 4.94. The van der Waals surface area contributed by atoms with Crippen LogP contribution < -0.4 is 20.5 Å². The van der Waals surface area contributed by atoms with E-state index >= 15 is 0 Å². The maximum Gasteiger partial charge on any atom is 0.188 e. The molecule has 1 saturated heterocycles. The SMILES string of the molecule is CCN1CCN(C(C)CNC(N)=NCc2ccc(OC)c(OC)c2)CC1.I. The van der Waals surface area contributed by atoms with Crippen molar-refractivity contribution in [3.8, 4) is 11.5 Å². The topological polar surface area (TPSA) is 75.4 Å². The summed E-state index contributed by atoms with van der Waals surface area (Å²) in [5, 5.41) is 3.24. The van der Waals surface area contributed by atoms with Crippen LogP contribution in [0, 0.1) is 0 Å². The molecule has 0 spiro atoms. The van der Waals surface area contributed by atoms with Crippen molar-refractivity contribution in [1.82, 2.24) is 15.1 Å². The molecule has 1 fully saturated rings. The Morgan fingerprint density at radius 2 is 1.85 bits per heavy atom. The maximum atomic E-state index is 6.03. The molecule has 1 aliphatic heterocycles. The van der Waals surface area contributed by atoms with Gasteiger partial charge in [0.05, 0.1) is 20.8 Å². The van der Waals surface area contributed by atoms with Crippen LogP contribution in [0.1, 0.15) is 19.4 Å². The molecule has 154 valence electrons. The summed E-state index contributed by atoms with van der Waals surface area (Å²) in [5.74, 6) is 1.88. The maximum absolute atomic E-state index is 6.03. The number of methoxy groups -OCH3 is 2. The molecule has 1 aromatic rings. The first-order chi connectivity index (χ1) is 12.6. The summed E-state index contributed by atoms with van der Waals surface area (Å²) in [6.45, 7) is 11.4. The van der Waals surface area contributed by atoms with Crippen molar-refractivity contribution < 1.29 is 9.47 Å². The van der Waals surface area contributed by atoms with E-state index in [0.717, 1.165) is 44.8 Å². The van der Waals surface area contributed by atoms with Gasteiger partial charge in [-0.3, -0.25) is 4.90 Å². The summed E-state index contributed by atoms with van der Waals surface area (Å²) in [7, 11) is 3.25. The molecule has 0 aromatic heterocycles. The molecule has 27 heavy (non-hydrogen) atoms. The molecular weight excluding hydrogens is 457 g/mol. The van der Waals surface area contributed by atoms with E-state index in [9.17, 15) is 0 Å². The van der Waals surface area contributed by atoms with Crippen LogP contribution in [-0.2, 0) is 6.54 Å². The monoisotopic (exact) mass is 491 g/mol. The number of aliphatic imine (C=N–C) groups is 1. The van der Waals surface area contributed by atoms with E-state index in [1.807, 2.05) is 18.2 Å². The first kappa shape index (κ1) is 23.8. The van der Waals surface area contributed by atoms with Gasteiger partial charge in [-0.1, -0.05) is 13.0 Å². The van der Waals surface area contributed by atoms with Crippen LogP contribution in [0.25, 0.3) is 0 Å². The number of halogens is 1. The molecule has 0 bridgehead atoms. The zero-order valence-electron chi connectivity index (χ0n) is 16.9. The minimum atomic E-state index is 0. The van der Waals surface area contributed by atoms with E-state index < -0.39 is 0 Å². The summed E-state index contributed by atoms with van der Waals surface area (Å²) in [6, 6.07) is 6.20. The fourth-order valence-electron chi connectivity index (χ4n) is 3.11. The Labute approximate surface area is 180 Å². The first-order valence-corrected chi connectivity index (χ1v) is 9.28. The summed E-state index contributed by atoms with van der Waals surface area (Å²) in [6.07, 6.45) is 0. The number of nitrogens with zero attached hydrogens (tertiary/aromatic N) is 3. The van der Waals surface area contributed by atoms with Crippen LogP contribution in [0.15, 0.2) is 23.2 Å². The molecule has 0 aliphatic carbocycles. The smallest absolute Gasteiger partial charge is 0.188 e. The lowest BCUT2D eigenvalue weighted by Gasteiger charge is -2.37. The predicted molar refractivity (Wildman–Crippen MR) is 121 cm³/mol. The van der Waals surface area contributed by atoms with Gasteiger partial charge in [0, 0.05) is 38.8 Å². The highest BCUT2D eigenvalue weighted by Crippen LogP contribution is 2.27. The minimum absolute atomic E-state index is 0. The van der Waals surface area contributed by atoms with Crippen LogP contribution in [0.5, 0.6) is 11.5 Å². The van der Waals surface area contributed by atoms with Crippen LogP contribution in [-0.4, -0.2) is 75.3 Å². The lowest BCUT2D eigenvalue weighted by molar-refractivity contribution is 0.107. The summed E-state index contributed by atoms with van der Waals surface area (Å²) in [5.41, 5.74) is 7.05. The standard InChI is InChI=1S/C19H33N5O2.HI/c1-5-23-8-10-24(11-9-23)15(2)13-21-19(20)22-14-16-6-7-17(25-3)18(12-16)26-4;/h6-7,12,15H,5,8-11,13-14H2,1-4H3,(H3,20,21,22);1H. The van der Waals surface area contributed by atoms with Gasteiger partial charge in [-0.2, -0.15) is 0 Å². The highest BCUT2D eigenvalue weighted by atomic mass is 127. The Morgan fingerprint density at radius 1 is 1.19 bits per heavy atom. The molecule has 1 atom stereocenters. The van der Waals surface area contributed by atoms with Gasteiger partial charge in [0.15, 0.2) is 17.5 Å². The quantitative estimate of drug-likeness (QED) is 0.328. The van der Waals surface area contributed by atoms with E-state index in [4.69, 9.17) is 15.2 Å². The molecular formula is C19H34IN5O2. The largest absolute Gasteiger partial charge is 0.493 e. The fraction of sp³-hybridized carbons (Fsp3) is 0.632. The highest BCUT2D eigenvalue weighted by Gasteiger charge is 2.19. The number of piperazine rings is 1. The minimum Gasteiger partial charge on any atom is -0.493 e. The number of guanidine groups is 1. The second kappa shape index (κ2) is 12.2. The Bertz CT molecular complexity index is 591. The first-order valence-electron chi connectivity index (χ1n) is 9.28. The molecule has 2 rings (SSSR count).